The zero-order valence-corrected chi connectivity index (χ0v) is 54.2. The number of hydrogen-bond donors (Lipinski definition) is 0. The van der Waals surface area contributed by atoms with E-state index in [0.29, 0.717) is 66.8 Å². The molecule has 0 spiro atoms. The van der Waals surface area contributed by atoms with E-state index in [2.05, 4.69) is 0 Å². The molecule has 7 rings (SSSR count). The summed E-state index contributed by atoms with van der Waals surface area (Å²) < 4.78 is 69.5. The highest BCUT2D eigenvalue weighted by Gasteiger charge is 2.33. The summed E-state index contributed by atoms with van der Waals surface area (Å²) in [6.07, 6.45) is -5.96. The van der Waals surface area contributed by atoms with Gasteiger partial charge in [-0.1, -0.05) is 72.8 Å². The molecule has 90 heavy (non-hydrogen) atoms. The van der Waals surface area contributed by atoms with E-state index >= 15 is 0 Å². The maximum absolute atomic E-state index is 13.6. The molecular weight excluding hydrogens is 1150 g/mol. The fourth-order valence-electron chi connectivity index (χ4n) is 8.97. The summed E-state index contributed by atoms with van der Waals surface area (Å²) in [5.74, 6) is 0.346. The Morgan fingerprint density at radius 2 is 0.333 bits per heavy atom. The van der Waals surface area contributed by atoms with E-state index in [1.54, 1.807) is 270 Å². The van der Waals surface area contributed by atoms with Gasteiger partial charge in [0.15, 0.2) is 0 Å². The minimum absolute atomic E-state index is 0.0577. The fourth-order valence-corrected chi connectivity index (χ4v) is 8.97. The quantitative estimate of drug-likeness (QED) is 0.0632. The van der Waals surface area contributed by atoms with Crippen molar-refractivity contribution < 1.29 is 85.6 Å². The van der Waals surface area contributed by atoms with Crippen LogP contribution in [0.1, 0.15) is 125 Å². The first-order valence-electron chi connectivity index (χ1n) is 29.1. The van der Waals surface area contributed by atoms with Crippen molar-refractivity contribution >= 4 is 36.9 Å². The Morgan fingerprint density at radius 1 is 0.211 bits per heavy atom. The highest BCUT2D eigenvalue weighted by Crippen LogP contribution is 2.57. The summed E-state index contributed by atoms with van der Waals surface area (Å²) >= 11 is 0. The summed E-state index contributed by atoms with van der Waals surface area (Å²) in [7, 11) is 0. The number of benzene rings is 7. The van der Waals surface area contributed by atoms with Crippen LogP contribution in [0.25, 0.3) is 66.8 Å². The van der Waals surface area contributed by atoms with Gasteiger partial charge < -0.3 is 56.8 Å². The molecule has 0 aliphatic carbocycles. The van der Waals surface area contributed by atoms with Gasteiger partial charge in [0.2, 0.25) is 0 Å². The van der Waals surface area contributed by atoms with Crippen molar-refractivity contribution in [3.05, 3.63) is 146 Å². The number of hydrogen-bond acceptors (Lipinski definition) is 18. The van der Waals surface area contributed by atoms with Gasteiger partial charge in [0.1, 0.15) is 68.1 Å². The normalized spacial score (nSPS) is 11.9. The highest BCUT2D eigenvalue weighted by molar-refractivity contribution is 6.15. The van der Waals surface area contributed by atoms with Crippen LogP contribution in [0.5, 0.6) is 34.5 Å². The van der Waals surface area contributed by atoms with E-state index in [-0.39, 0.29) is 34.5 Å². The third-order valence-electron chi connectivity index (χ3n) is 11.8. The van der Waals surface area contributed by atoms with E-state index in [0.717, 1.165) is 0 Å². The first-order valence-corrected chi connectivity index (χ1v) is 29.1. The third-order valence-corrected chi connectivity index (χ3v) is 11.8. The Balaban J connectivity index is 1.79. The highest BCUT2D eigenvalue weighted by atomic mass is 16.8. The third kappa shape index (κ3) is 20.1. The van der Waals surface area contributed by atoms with Gasteiger partial charge in [-0.05, 0) is 264 Å². The van der Waals surface area contributed by atoms with Crippen LogP contribution in [-0.4, -0.2) is 70.5 Å². The maximum atomic E-state index is 13.6. The second-order valence-electron chi connectivity index (χ2n) is 26.8. The summed E-state index contributed by atoms with van der Waals surface area (Å²) in [5.41, 5.74) is -0.898. The fraction of sp³-hybridized carbons (Fsp3) is 0.333. The topological polar surface area (TPSA) is 213 Å². The van der Waals surface area contributed by atoms with Crippen LogP contribution in [0, 0.1) is 0 Å². The summed E-state index contributed by atoms with van der Waals surface area (Å²) in [4.78, 5) is 81.7. The lowest BCUT2D eigenvalue weighted by molar-refractivity contribution is 0.0193. The predicted molar refractivity (Wildman–Crippen MR) is 340 cm³/mol. The molecule has 0 aliphatic heterocycles. The molecule has 0 amide bonds. The standard InChI is InChI=1S/C72H78O18/c1-67(2,3)85-61(73)79-49-31-19-25-43(37-49)55-56(44-26-20-32-50(38-44)80-62(74)86-68(4,5)6)58(46-28-22-34-52(40-46)82-64(76)88-70(10,11)12)60(48-30-24-36-54(42-48)84-66(78)90-72(16,17)18)59(47-29-23-35-53(41-47)83-65(77)89-71(13,14)15)57(55)45-27-21-33-51(39-45)81-63(75)87-69(7,8)9/h19-42H,1-18H3. The van der Waals surface area contributed by atoms with E-state index in [1.807, 2.05) is 0 Å². The van der Waals surface area contributed by atoms with Gasteiger partial charge in [0.05, 0.1) is 0 Å². The Bertz CT molecular complexity index is 3150. The molecule has 7 aromatic carbocycles. The summed E-state index contributed by atoms with van der Waals surface area (Å²) in [5, 5.41) is 0. The average molecular weight is 1230 g/mol. The maximum Gasteiger partial charge on any atom is 0.514 e. The molecule has 0 bridgehead atoms. The van der Waals surface area contributed by atoms with E-state index in [4.69, 9.17) is 56.8 Å². The monoisotopic (exact) mass is 1230 g/mol. The molecule has 0 atom stereocenters. The van der Waals surface area contributed by atoms with Crippen molar-refractivity contribution in [3.8, 4) is 101 Å². The summed E-state index contributed by atoms with van der Waals surface area (Å²) in [6, 6.07) is 40.2. The molecule has 18 heteroatoms. The molecule has 0 radical (unpaired) electrons. The molecule has 0 aliphatic rings. The van der Waals surface area contributed by atoms with Crippen LogP contribution in [0.4, 0.5) is 28.8 Å². The largest absolute Gasteiger partial charge is 0.514 e. The number of carbonyl (C=O) groups excluding carboxylic acids is 6. The molecule has 0 N–H and O–H groups in total. The van der Waals surface area contributed by atoms with E-state index < -0.39 is 70.5 Å². The van der Waals surface area contributed by atoms with Crippen LogP contribution in [0.2, 0.25) is 0 Å². The number of rotatable bonds is 12. The van der Waals surface area contributed by atoms with Gasteiger partial charge in [-0.25, -0.2) is 28.8 Å². The predicted octanol–water partition coefficient (Wildman–Crippen LogP) is 19.6. The van der Waals surface area contributed by atoms with Crippen LogP contribution in [0.3, 0.4) is 0 Å². The molecule has 0 saturated carbocycles. The zero-order chi connectivity index (χ0) is 66.3. The first kappa shape index (κ1) is 67.7. The van der Waals surface area contributed by atoms with Crippen molar-refractivity contribution in [3.63, 3.8) is 0 Å². The van der Waals surface area contributed by atoms with Crippen molar-refractivity contribution in [2.24, 2.45) is 0 Å². The van der Waals surface area contributed by atoms with Crippen molar-refractivity contribution in [1.29, 1.82) is 0 Å². The minimum atomic E-state index is -0.993. The second kappa shape index (κ2) is 26.9. The van der Waals surface area contributed by atoms with Gasteiger partial charge in [-0.3, -0.25) is 0 Å². The van der Waals surface area contributed by atoms with Crippen molar-refractivity contribution in [1.82, 2.24) is 0 Å². The van der Waals surface area contributed by atoms with Gasteiger partial charge in [0, 0.05) is 0 Å². The SMILES string of the molecule is CC(C)(C)OC(=O)Oc1cccc(-c2c(-c3cccc(OC(=O)OC(C)(C)C)c3)c(-c3cccc(OC(=O)OC(C)(C)C)c3)c(-c3cccc(OC(=O)OC(C)(C)C)c3)c(-c3cccc(OC(=O)OC(C)(C)C)c3)c2-c2cccc(OC(=O)OC(C)(C)C)c2)c1. The lowest BCUT2D eigenvalue weighted by Gasteiger charge is -2.29. The lowest BCUT2D eigenvalue weighted by atomic mass is 9.74. The number of carbonyl (C=O) groups is 6. The number of ether oxygens (including phenoxy) is 12. The zero-order valence-electron chi connectivity index (χ0n) is 54.2. The van der Waals surface area contributed by atoms with Gasteiger partial charge in [0.25, 0.3) is 0 Å². The molecule has 7 aromatic rings. The first-order chi connectivity index (χ1) is 41.7. The van der Waals surface area contributed by atoms with E-state index in [9.17, 15) is 28.8 Å². The van der Waals surface area contributed by atoms with Crippen LogP contribution in [0.15, 0.2) is 146 Å². The van der Waals surface area contributed by atoms with Crippen LogP contribution in [-0.2, 0) is 28.4 Å². The van der Waals surface area contributed by atoms with Crippen LogP contribution >= 0.6 is 0 Å². The Hall–Kier alpha value is -9.84. The van der Waals surface area contributed by atoms with E-state index in [1.165, 1.54) is 0 Å². The van der Waals surface area contributed by atoms with Crippen molar-refractivity contribution in [2.75, 3.05) is 0 Å². The minimum Gasteiger partial charge on any atom is -0.428 e. The average Bonchev–Trinajstić information content (AvgIpc) is 0.716. The Morgan fingerprint density at radius 3 is 0.444 bits per heavy atom. The summed E-state index contributed by atoms with van der Waals surface area (Å²) in [6.45, 7) is 30.7. The molecule has 0 fully saturated rings. The molecule has 18 nitrogen and oxygen atoms in total. The molecule has 474 valence electrons. The molecular formula is C72H78O18. The molecule has 0 unspecified atom stereocenters. The Kier molecular flexibility index (Phi) is 20.2. The molecule has 0 saturated heterocycles. The second-order valence-corrected chi connectivity index (χ2v) is 26.8. The molecule has 0 aromatic heterocycles. The van der Waals surface area contributed by atoms with Crippen LogP contribution < -0.4 is 28.4 Å². The van der Waals surface area contributed by atoms with Gasteiger partial charge >= 0.3 is 36.9 Å². The van der Waals surface area contributed by atoms with Crippen molar-refractivity contribution in [2.45, 2.75) is 158 Å². The molecule has 0 heterocycles. The van der Waals surface area contributed by atoms with Gasteiger partial charge in [-0.2, -0.15) is 0 Å². The lowest BCUT2D eigenvalue weighted by Crippen LogP contribution is -2.26. The Labute approximate surface area is 525 Å². The smallest absolute Gasteiger partial charge is 0.428 e. The van der Waals surface area contributed by atoms with Gasteiger partial charge in [-0.15, -0.1) is 0 Å².